The second kappa shape index (κ2) is 7.30. The smallest absolute Gasteiger partial charge is 0.306 e. The van der Waals surface area contributed by atoms with Crippen molar-refractivity contribution in [1.82, 2.24) is 4.90 Å². The van der Waals surface area contributed by atoms with Crippen molar-refractivity contribution < 1.29 is 23.8 Å². The summed E-state index contributed by atoms with van der Waals surface area (Å²) in [5, 5.41) is 9.05. The van der Waals surface area contributed by atoms with Gasteiger partial charge in [0.1, 0.15) is 11.9 Å². The molecule has 0 bridgehead atoms. The number of halogens is 1. The van der Waals surface area contributed by atoms with Crippen molar-refractivity contribution >= 4 is 11.9 Å². The Hall–Kier alpha value is -1.95. The number of morpholine rings is 1. The number of rotatable bonds is 3. The monoisotopic (exact) mass is 335 g/mol. The normalized spacial score (nSPS) is 27.7. The Balaban J connectivity index is 1.59. The summed E-state index contributed by atoms with van der Waals surface area (Å²) < 4.78 is 18.8. The van der Waals surface area contributed by atoms with Gasteiger partial charge in [0.15, 0.2) is 0 Å². The number of carbonyl (C=O) groups is 2. The van der Waals surface area contributed by atoms with Gasteiger partial charge in [0.2, 0.25) is 5.91 Å². The van der Waals surface area contributed by atoms with Gasteiger partial charge in [0.05, 0.1) is 19.1 Å². The summed E-state index contributed by atoms with van der Waals surface area (Å²) in [6.45, 7) is 1.47. The molecule has 1 unspecified atom stereocenters. The molecule has 1 saturated carbocycles. The lowest BCUT2D eigenvalue weighted by Gasteiger charge is -2.36. The average Bonchev–Trinajstić information content (AvgIpc) is 2.62. The summed E-state index contributed by atoms with van der Waals surface area (Å²) in [7, 11) is 0. The fourth-order valence-corrected chi connectivity index (χ4v) is 3.57. The number of amides is 1. The highest BCUT2D eigenvalue weighted by atomic mass is 19.1. The van der Waals surface area contributed by atoms with Crippen molar-refractivity contribution in [2.75, 3.05) is 19.7 Å². The van der Waals surface area contributed by atoms with E-state index in [1.807, 2.05) is 4.90 Å². The Morgan fingerprint density at radius 3 is 2.33 bits per heavy atom. The molecule has 1 aromatic rings. The zero-order valence-corrected chi connectivity index (χ0v) is 13.5. The summed E-state index contributed by atoms with van der Waals surface area (Å²) in [4.78, 5) is 25.6. The molecule has 130 valence electrons. The molecule has 5 nitrogen and oxygen atoms in total. The zero-order chi connectivity index (χ0) is 17.1. The van der Waals surface area contributed by atoms with Crippen LogP contribution in [0, 0.1) is 17.7 Å². The Morgan fingerprint density at radius 2 is 1.71 bits per heavy atom. The SMILES string of the molecule is O=C(O)C1CCC(C(=O)N2CCOC(c3ccc(F)cc3)C2)CC1. The van der Waals surface area contributed by atoms with Crippen molar-refractivity contribution in [2.45, 2.75) is 31.8 Å². The lowest BCUT2D eigenvalue weighted by atomic mass is 9.81. The van der Waals surface area contributed by atoms with E-state index in [-0.39, 0.29) is 29.7 Å². The highest BCUT2D eigenvalue weighted by molar-refractivity contribution is 5.79. The molecule has 1 atom stereocenters. The van der Waals surface area contributed by atoms with Gasteiger partial charge in [-0.3, -0.25) is 9.59 Å². The largest absolute Gasteiger partial charge is 0.481 e. The topological polar surface area (TPSA) is 66.8 Å². The predicted octanol–water partition coefficient (Wildman–Crippen LogP) is 2.62. The summed E-state index contributed by atoms with van der Waals surface area (Å²) in [5.74, 6) is -1.37. The molecule has 0 aromatic heterocycles. The highest BCUT2D eigenvalue weighted by Crippen LogP contribution is 2.31. The van der Waals surface area contributed by atoms with Crippen LogP contribution >= 0.6 is 0 Å². The quantitative estimate of drug-likeness (QED) is 0.922. The van der Waals surface area contributed by atoms with E-state index >= 15 is 0 Å². The third-order valence-corrected chi connectivity index (χ3v) is 5.05. The van der Waals surface area contributed by atoms with Gasteiger partial charge in [-0.25, -0.2) is 4.39 Å². The number of ether oxygens (including phenoxy) is 1. The van der Waals surface area contributed by atoms with Crippen LogP contribution in [0.25, 0.3) is 0 Å². The first kappa shape index (κ1) is 16.9. The predicted molar refractivity (Wildman–Crippen MR) is 84.8 cm³/mol. The van der Waals surface area contributed by atoms with E-state index in [4.69, 9.17) is 9.84 Å². The second-order valence-corrected chi connectivity index (χ2v) is 6.58. The molecular formula is C18H22FNO4. The molecule has 0 spiro atoms. The maximum Gasteiger partial charge on any atom is 0.306 e. The summed E-state index contributed by atoms with van der Waals surface area (Å²) in [6, 6.07) is 6.16. The number of aliphatic carboxylic acids is 1. The van der Waals surface area contributed by atoms with Crippen LogP contribution in [-0.2, 0) is 14.3 Å². The van der Waals surface area contributed by atoms with E-state index in [1.54, 1.807) is 12.1 Å². The molecule has 0 radical (unpaired) electrons. The van der Waals surface area contributed by atoms with E-state index in [0.29, 0.717) is 45.4 Å². The van der Waals surface area contributed by atoms with Gasteiger partial charge in [-0.15, -0.1) is 0 Å². The molecule has 24 heavy (non-hydrogen) atoms. The molecule has 6 heteroatoms. The third-order valence-electron chi connectivity index (χ3n) is 5.05. The van der Waals surface area contributed by atoms with E-state index < -0.39 is 5.97 Å². The van der Waals surface area contributed by atoms with Gasteiger partial charge in [0, 0.05) is 12.5 Å². The number of nitrogens with zero attached hydrogens (tertiary/aromatic N) is 1. The molecule has 1 amide bonds. The van der Waals surface area contributed by atoms with Crippen LogP contribution < -0.4 is 0 Å². The van der Waals surface area contributed by atoms with Crippen LogP contribution in [0.2, 0.25) is 0 Å². The van der Waals surface area contributed by atoms with Crippen LogP contribution in [0.5, 0.6) is 0 Å². The van der Waals surface area contributed by atoms with Crippen molar-refractivity contribution in [2.24, 2.45) is 11.8 Å². The molecule has 2 fully saturated rings. The van der Waals surface area contributed by atoms with Crippen LogP contribution in [0.15, 0.2) is 24.3 Å². The fourth-order valence-electron chi connectivity index (χ4n) is 3.57. The lowest BCUT2D eigenvalue weighted by Crippen LogP contribution is -2.45. The molecule has 1 heterocycles. The Morgan fingerprint density at radius 1 is 1.08 bits per heavy atom. The first-order valence-electron chi connectivity index (χ1n) is 8.43. The number of benzene rings is 1. The highest BCUT2D eigenvalue weighted by Gasteiger charge is 2.34. The number of carboxylic acids is 1. The van der Waals surface area contributed by atoms with E-state index in [2.05, 4.69) is 0 Å². The van der Waals surface area contributed by atoms with Crippen molar-refractivity contribution in [3.05, 3.63) is 35.6 Å². The Kier molecular flexibility index (Phi) is 5.14. The number of hydrogen-bond donors (Lipinski definition) is 1. The number of hydrogen-bond acceptors (Lipinski definition) is 3. The first-order valence-corrected chi connectivity index (χ1v) is 8.43. The molecule has 1 aromatic carbocycles. The molecule has 1 aliphatic carbocycles. The summed E-state index contributed by atoms with van der Waals surface area (Å²) >= 11 is 0. The van der Waals surface area contributed by atoms with Gasteiger partial charge < -0.3 is 14.7 Å². The first-order chi connectivity index (χ1) is 11.5. The van der Waals surface area contributed by atoms with E-state index in [9.17, 15) is 14.0 Å². The second-order valence-electron chi connectivity index (χ2n) is 6.58. The van der Waals surface area contributed by atoms with Crippen LogP contribution in [0.3, 0.4) is 0 Å². The van der Waals surface area contributed by atoms with Crippen molar-refractivity contribution in [3.63, 3.8) is 0 Å². The Labute approximate surface area is 140 Å². The van der Waals surface area contributed by atoms with Gasteiger partial charge >= 0.3 is 5.97 Å². The molecule has 1 N–H and O–H groups in total. The molecule has 1 aliphatic heterocycles. The standard InChI is InChI=1S/C18H22FNO4/c19-15-7-5-12(6-8-15)16-11-20(9-10-24-16)17(21)13-1-3-14(4-2-13)18(22)23/h5-8,13-14,16H,1-4,9-11H2,(H,22,23). The third kappa shape index (κ3) is 3.75. The van der Waals surface area contributed by atoms with E-state index in [1.165, 1.54) is 12.1 Å². The maximum absolute atomic E-state index is 13.0. The summed E-state index contributed by atoms with van der Waals surface area (Å²) in [5.41, 5.74) is 0.864. The minimum Gasteiger partial charge on any atom is -0.481 e. The molecule has 3 rings (SSSR count). The fraction of sp³-hybridized carbons (Fsp3) is 0.556. The number of carbonyl (C=O) groups excluding carboxylic acids is 1. The van der Waals surface area contributed by atoms with Crippen LogP contribution in [-0.4, -0.2) is 41.6 Å². The van der Waals surface area contributed by atoms with Gasteiger partial charge in [-0.1, -0.05) is 12.1 Å². The van der Waals surface area contributed by atoms with Gasteiger partial charge in [0.25, 0.3) is 0 Å². The van der Waals surface area contributed by atoms with E-state index in [0.717, 1.165) is 5.56 Å². The van der Waals surface area contributed by atoms with Crippen molar-refractivity contribution in [1.29, 1.82) is 0 Å². The minimum absolute atomic E-state index is 0.0902. The molecular weight excluding hydrogens is 313 g/mol. The van der Waals surface area contributed by atoms with Crippen LogP contribution in [0.1, 0.15) is 37.4 Å². The lowest BCUT2D eigenvalue weighted by molar-refractivity contribution is -0.148. The zero-order valence-electron chi connectivity index (χ0n) is 13.5. The van der Waals surface area contributed by atoms with Gasteiger partial charge in [-0.05, 0) is 43.4 Å². The molecule has 2 aliphatic rings. The van der Waals surface area contributed by atoms with Gasteiger partial charge in [-0.2, -0.15) is 0 Å². The molecule has 1 saturated heterocycles. The maximum atomic E-state index is 13.0. The Bertz CT molecular complexity index is 596. The average molecular weight is 335 g/mol. The minimum atomic E-state index is -0.761. The summed E-state index contributed by atoms with van der Waals surface area (Å²) in [6.07, 6.45) is 2.16. The van der Waals surface area contributed by atoms with Crippen molar-refractivity contribution in [3.8, 4) is 0 Å². The number of carboxylic acid groups (broad SMARTS) is 1. The van der Waals surface area contributed by atoms with Crippen LogP contribution in [0.4, 0.5) is 4.39 Å².